The second-order valence-corrected chi connectivity index (χ2v) is 4.29. The van der Waals surface area contributed by atoms with Gasteiger partial charge < -0.3 is 9.47 Å². The highest BCUT2D eigenvalue weighted by molar-refractivity contribution is 6.04. The number of amides is 1. The Hall–Kier alpha value is -2.89. The van der Waals surface area contributed by atoms with Gasteiger partial charge in [0.15, 0.2) is 12.3 Å². The van der Waals surface area contributed by atoms with Crippen molar-refractivity contribution in [2.75, 3.05) is 18.7 Å². The molecule has 0 N–H and O–H groups in total. The van der Waals surface area contributed by atoms with Crippen LogP contribution in [0.4, 0.5) is 5.69 Å². The van der Waals surface area contributed by atoms with Gasteiger partial charge >= 0.3 is 0 Å². The number of ether oxygens (including phenoxy) is 2. The van der Waals surface area contributed by atoms with Crippen molar-refractivity contribution >= 4 is 17.5 Å². The van der Waals surface area contributed by atoms with E-state index in [1.54, 1.807) is 37.6 Å². The van der Waals surface area contributed by atoms with Crippen LogP contribution in [-0.2, 0) is 9.53 Å². The molecule has 6 nitrogen and oxygen atoms in total. The maximum Gasteiger partial charge on any atom is 0.285 e. The van der Waals surface area contributed by atoms with Crippen molar-refractivity contribution in [2.24, 2.45) is 5.10 Å². The Labute approximate surface area is 121 Å². The molecule has 1 aliphatic rings. The topological polar surface area (TPSA) is 64.0 Å². The molecule has 106 valence electrons. The fourth-order valence-electron chi connectivity index (χ4n) is 1.97. The summed E-state index contributed by atoms with van der Waals surface area (Å²) in [6.45, 7) is -0.0898. The zero-order chi connectivity index (χ0) is 14.7. The minimum atomic E-state index is -0.236. The van der Waals surface area contributed by atoms with E-state index in [4.69, 9.17) is 9.47 Å². The number of hydrogen-bond acceptors (Lipinski definition) is 5. The molecule has 0 saturated carbocycles. The minimum absolute atomic E-state index is 0.0898. The van der Waals surface area contributed by atoms with E-state index in [1.807, 2.05) is 18.2 Å². The fraction of sp³-hybridized carbons (Fsp3) is 0.133. The maximum absolute atomic E-state index is 12.0. The summed E-state index contributed by atoms with van der Waals surface area (Å²) in [6, 6.07) is 12.7. The number of hydrogen-bond donors (Lipinski definition) is 0. The maximum atomic E-state index is 12.0. The molecule has 1 aliphatic heterocycles. The third-order valence-corrected chi connectivity index (χ3v) is 2.95. The van der Waals surface area contributed by atoms with Crippen LogP contribution < -0.4 is 9.75 Å². The van der Waals surface area contributed by atoms with Gasteiger partial charge in [0.2, 0.25) is 0 Å². The van der Waals surface area contributed by atoms with Gasteiger partial charge in [0.25, 0.3) is 11.8 Å². The third kappa shape index (κ3) is 2.55. The Morgan fingerprint density at radius 1 is 1.19 bits per heavy atom. The van der Waals surface area contributed by atoms with Crippen LogP contribution in [0.2, 0.25) is 0 Å². The molecule has 0 atom stereocenters. The van der Waals surface area contributed by atoms with Crippen LogP contribution in [0.1, 0.15) is 5.69 Å². The summed E-state index contributed by atoms with van der Waals surface area (Å²) in [5, 5.41) is 5.56. The molecule has 1 aromatic carbocycles. The van der Waals surface area contributed by atoms with E-state index in [1.165, 1.54) is 5.01 Å². The van der Waals surface area contributed by atoms with Gasteiger partial charge in [0, 0.05) is 6.20 Å². The molecule has 0 aliphatic carbocycles. The molecule has 0 bridgehead atoms. The van der Waals surface area contributed by atoms with Crippen LogP contribution in [0.3, 0.4) is 0 Å². The smallest absolute Gasteiger partial charge is 0.285 e. The van der Waals surface area contributed by atoms with Gasteiger partial charge in [-0.1, -0.05) is 18.2 Å². The summed E-state index contributed by atoms with van der Waals surface area (Å²) in [4.78, 5) is 16.2. The second-order valence-electron chi connectivity index (χ2n) is 4.29. The lowest BCUT2D eigenvalue weighted by Crippen LogP contribution is -2.37. The molecule has 1 aromatic heterocycles. The lowest BCUT2D eigenvalue weighted by molar-refractivity contribution is -0.121. The number of para-hydroxylation sites is 1. The number of anilines is 1. The fourth-order valence-corrected chi connectivity index (χ4v) is 1.97. The monoisotopic (exact) mass is 283 g/mol. The summed E-state index contributed by atoms with van der Waals surface area (Å²) in [7, 11) is 1.55. The summed E-state index contributed by atoms with van der Waals surface area (Å²) in [6.07, 6.45) is 1.62. The van der Waals surface area contributed by atoms with Crippen LogP contribution in [0, 0.1) is 0 Å². The summed E-state index contributed by atoms with van der Waals surface area (Å²) in [5.41, 5.74) is 1.15. The average Bonchev–Trinajstić information content (AvgIpc) is 2.56. The number of aromatic nitrogens is 1. The van der Waals surface area contributed by atoms with Crippen molar-refractivity contribution in [3.8, 4) is 5.75 Å². The van der Waals surface area contributed by atoms with Crippen molar-refractivity contribution < 1.29 is 14.3 Å². The van der Waals surface area contributed by atoms with Crippen molar-refractivity contribution in [1.29, 1.82) is 0 Å². The number of rotatable bonds is 3. The number of carbonyl (C=O) groups is 1. The summed E-state index contributed by atoms with van der Waals surface area (Å²) >= 11 is 0. The Morgan fingerprint density at radius 3 is 2.76 bits per heavy atom. The van der Waals surface area contributed by atoms with Crippen LogP contribution in [0.15, 0.2) is 53.8 Å². The van der Waals surface area contributed by atoms with E-state index in [0.29, 0.717) is 17.1 Å². The lowest BCUT2D eigenvalue weighted by Gasteiger charge is -2.23. The van der Waals surface area contributed by atoms with Gasteiger partial charge in [-0.2, -0.15) is 5.01 Å². The van der Waals surface area contributed by atoms with Crippen LogP contribution in [0.25, 0.3) is 0 Å². The number of methoxy groups -OCH3 is 1. The molecule has 6 heteroatoms. The van der Waals surface area contributed by atoms with Gasteiger partial charge in [-0.25, -0.2) is 4.98 Å². The molecule has 2 heterocycles. The van der Waals surface area contributed by atoms with Crippen LogP contribution in [-0.4, -0.2) is 30.5 Å². The predicted molar refractivity (Wildman–Crippen MR) is 77.2 cm³/mol. The van der Waals surface area contributed by atoms with E-state index < -0.39 is 0 Å². The van der Waals surface area contributed by atoms with Crippen LogP contribution in [0.5, 0.6) is 5.75 Å². The Morgan fingerprint density at radius 2 is 2.00 bits per heavy atom. The molecule has 2 aromatic rings. The highest BCUT2D eigenvalue weighted by Crippen LogP contribution is 2.22. The number of carbonyl (C=O) groups excluding carboxylic acids is 1. The standard InChI is InChI=1S/C15H13N3O3/c1-20-12-8-5-9-16-14(12)15-17-18(13(19)10-21-15)11-6-3-2-4-7-11/h2-9H,10H2,1H3. The van der Waals surface area contributed by atoms with Crippen LogP contribution >= 0.6 is 0 Å². The first-order valence-corrected chi connectivity index (χ1v) is 6.38. The van der Waals surface area contributed by atoms with Crippen molar-refractivity contribution in [2.45, 2.75) is 0 Å². The SMILES string of the molecule is COc1cccnc1C1=NN(c2ccccc2)C(=O)CO1. The van der Waals surface area contributed by atoms with Gasteiger partial charge in [0.05, 0.1) is 12.8 Å². The quantitative estimate of drug-likeness (QED) is 0.862. The normalized spacial score (nSPS) is 14.4. The Balaban J connectivity index is 2.02. The Bertz CT molecular complexity index is 686. The molecular formula is C15H13N3O3. The molecule has 1 amide bonds. The Kier molecular flexibility index (Phi) is 3.51. The zero-order valence-corrected chi connectivity index (χ0v) is 11.4. The zero-order valence-electron chi connectivity index (χ0n) is 11.4. The van der Waals surface area contributed by atoms with E-state index in [-0.39, 0.29) is 18.4 Å². The molecule has 0 spiro atoms. The number of hydrazone groups is 1. The largest absolute Gasteiger partial charge is 0.494 e. The first-order valence-electron chi connectivity index (χ1n) is 6.38. The van der Waals surface area contributed by atoms with Gasteiger partial charge in [-0.3, -0.25) is 4.79 Å². The first-order chi connectivity index (χ1) is 10.3. The summed E-state index contributed by atoms with van der Waals surface area (Å²) in [5.74, 6) is 0.564. The number of nitrogens with zero attached hydrogens (tertiary/aromatic N) is 3. The predicted octanol–water partition coefficient (Wildman–Crippen LogP) is 1.82. The second kappa shape index (κ2) is 5.62. The molecule has 21 heavy (non-hydrogen) atoms. The van der Waals surface area contributed by atoms with E-state index in [0.717, 1.165) is 0 Å². The average molecular weight is 283 g/mol. The highest BCUT2D eigenvalue weighted by atomic mass is 16.5. The third-order valence-electron chi connectivity index (χ3n) is 2.95. The van der Waals surface area contributed by atoms with Gasteiger partial charge in [0.1, 0.15) is 5.75 Å². The highest BCUT2D eigenvalue weighted by Gasteiger charge is 2.26. The molecule has 0 saturated heterocycles. The first kappa shape index (κ1) is 13.1. The van der Waals surface area contributed by atoms with Gasteiger partial charge in [-0.15, -0.1) is 5.10 Å². The molecular weight excluding hydrogens is 270 g/mol. The summed E-state index contributed by atoms with van der Waals surface area (Å²) < 4.78 is 10.6. The van der Waals surface area contributed by atoms with Gasteiger partial charge in [-0.05, 0) is 24.3 Å². The molecule has 3 rings (SSSR count). The molecule has 0 unspecified atom stereocenters. The van der Waals surface area contributed by atoms with Crippen molar-refractivity contribution in [3.63, 3.8) is 0 Å². The number of benzene rings is 1. The number of pyridine rings is 1. The minimum Gasteiger partial charge on any atom is -0.494 e. The lowest BCUT2D eigenvalue weighted by atomic mass is 10.3. The van der Waals surface area contributed by atoms with E-state index >= 15 is 0 Å². The van der Waals surface area contributed by atoms with E-state index in [2.05, 4.69) is 10.1 Å². The van der Waals surface area contributed by atoms with Crippen molar-refractivity contribution in [1.82, 2.24) is 4.98 Å². The van der Waals surface area contributed by atoms with Crippen molar-refractivity contribution in [3.05, 3.63) is 54.4 Å². The van der Waals surface area contributed by atoms with E-state index in [9.17, 15) is 4.79 Å². The molecule has 0 fully saturated rings. The molecule has 0 radical (unpaired) electrons.